The van der Waals surface area contributed by atoms with Crippen molar-refractivity contribution in [2.75, 3.05) is 5.75 Å². The van der Waals surface area contributed by atoms with E-state index in [4.69, 9.17) is 0 Å². The van der Waals surface area contributed by atoms with Gasteiger partial charge >= 0.3 is 0 Å². The molecule has 2 aromatic rings. The highest BCUT2D eigenvalue weighted by Gasteiger charge is 2.15. The van der Waals surface area contributed by atoms with E-state index < -0.39 is 9.84 Å². The van der Waals surface area contributed by atoms with Gasteiger partial charge in [0.15, 0.2) is 9.84 Å². The van der Waals surface area contributed by atoms with Crippen molar-refractivity contribution in [1.82, 2.24) is 20.6 Å². The lowest BCUT2D eigenvalue weighted by Crippen LogP contribution is -2.23. The van der Waals surface area contributed by atoms with Crippen LogP contribution in [0.2, 0.25) is 0 Å². The zero-order valence-corrected chi connectivity index (χ0v) is 14.1. The number of amides is 1. The van der Waals surface area contributed by atoms with Gasteiger partial charge in [-0.25, -0.2) is 8.42 Å². The van der Waals surface area contributed by atoms with Crippen molar-refractivity contribution < 1.29 is 13.2 Å². The molecule has 0 aromatic carbocycles. The molecule has 0 unspecified atom stereocenters. The Balaban J connectivity index is 1.64. The number of nitrogens with one attached hydrogen (secondary N) is 2. The molecule has 0 radical (unpaired) electrons. The van der Waals surface area contributed by atoms with Crippen molar-refractivity contribution in [3.8, 4) is 0 Å². The van der Waals surface area contributed by atoms with Crippen LogP contribution in [0.4, 0.5) is 0 Å². The molecule has 1 amide bonds. The van der Waals surface area contributed by atoms with Crippen LogP contribution in [0.3, 0.4) is 0 Å². The van der Waals surface area contributed by atoms with Crippen LogP contribution in [0.5, 0.6) is 0 Å². The minimum atomic E-state index is -3.26. The van der Waals surface area contributed by atoms with Crippen LogP contribution >= 0.6 is 0 Å². The third kappa shape index (κ3) is 3.44. The Morgan fingerprint density at radius 2 is 2.08 bits per heavy atom. The van der Waals surface area contributed by atoms with Gasteiger partial charge in [-0.05, 0) is 23.8 Å². The van der Waals surface area contributed by atoms with Gasteiger partial charge in [0.2, 0.25) is 0 Å². The van der Waals surface area contributed by atoms with Gasteiger partial charge in [-0.1, -0.05) is 6.92 Å². The number of aromatic nitrogens is 2. The van der Waals surface area contributed by atoms with Gasteiger partial charge in [0.25, 0.3) is 5.91 Å². The van der Waals surface area contributed by atoms with Crippen molar-refractivity contribution >= 4 is 15.7 Å². The molecular formula is C16H18N4O3S. The van der Waals surface area contributed by atoms with Gasteiger partial charge in [-0.3, -0.25) is 14.8 Å². The Labute approximate surface area is 140 Å². The maximum Gasteiger partial charge on any atom is 0.253 e. The first-order valence-corrected chi connectivity index (χ1v) is 9.29. The number of sulfone groups is 1. The highest BCUT2D eigenvalue weighted by atomic mass is 32.2. The molecule has 0 bridgehead atoms. The van der Waals surface area contributed by atoms with Crippen molar-refractivity contribution in [3.63, 3.8) is 0 Å². The molecule has 1 aliphatic heterocycles. The summed E-state index contributed by atoms with van der Waals surface area (Å²) in [6, 6.07) is 4.95. The molecule has 0 saturated carbocycles. The predicted molar refractivity (Wildman–Crippen MR) is 87.9 cm³/mol. The van der Waals surface area contributed by atoms with E-state index >= 15 is 0 Å². The van der Waals surface area contributed by atoms with Crippen molar-refractivity contribution in [2.24, 2.45) is 0 Å². The van der Waals surface area contributed by atoms with E-state index in [0.29, 0.717) is 11.3 Å². The summed E-state index contributed by atoms with van der Waals surface area (Å²) in [7, 11) is -3.26. The lowest BCUT2D eigenvalue weighted by atomic mass is 10.1. The van der Waals surface area contributed by atoms with E-state index in [0.717, 1.165) is 24.3 Å². The lowest BCUT2D eigenvalue weighted by Gasteiger charge is -2.07. The standard InChI is InChI=1S/C16H18N4O3S/c1-2-24(22,23)14-4-3-13(18-9-14)8-20-16(21)12-5-11-6-17-10-15(11)19-7-12/h3-5,7,9,17H,2,6,8,10H2,1H3,(H,20,21). The quantitative estimate of drug-likeness (QED) is 0.831. The molecule has 0 fully saturated rings. The molecule has 0 saturated heterocycles. The molecule has 0 atom stereocenters. The monoisotopic (exact) mass is 346 g/mol. The summed E-state index contributed by atoms with van der Waals surface area (Å²) in [6.07, 6.45) is 2.88. The summed E-state index contributed by atoms with van der Waals surface area (Å²) in [5.41, 5.74) is 3.10. The Hall–Kier alpha value is -2.32. The van der Waals surface area contributed by atoms with Gasteiger partial charge in [0, 0.05) is 25.5 Å². The fraction of sp³-hybridized carbons (Fsp3) is 0.312. The molecule has 3 heterocycles. The van der Waals surface area contributed by atoms with Crippen molar-refractivity contribution in [2.45, 2.75) is 31.5 Å². The van der Waals surface area contributed by atoms with Gasteiger partial charge in [0.05, 0.1) is 34.1 Å². The highest BCUT2D eigenvalue weighted by Crippen LogP contribution is 2.14. The molecule has 0 spiro atoms. The summed E-state index contributed by atoms with van der Waals surface area (Å²) in [6.45, 7) is 3.26. The summed E-state index contributed by atoms with van der Waals surface area (Å²) >= 11 is 0. The number of hydrogen-bond acceptors (Lipinski definition) is 6. The van der Waals surface area contributed by atoms with Crippen LogP contribution in [0.1, 0.15) is 34.2 Å². The smallest absolute Gasteiger partial charge is 0.253 e. The largest absolute Gasteiger partial charge is 0.346 e. The van der Waals surface area contributed by atoms with Gasteiger partial charge in [0.1, 0.15) is 0 Å². The Kier molecular flexibility index (Phi) is 4.59. The second-order valence-electron chi connectivity index (χ2n) is 5.50. The Bertz CT molecular complexity index is 863. The lowest BCUT2D eigenvalue weighted by molar-refractivity contribution is 0.0950. The fourth-order valence-electron chi connectivity index (χ4n) is 2.43. The minimum Gasteiger partial charge on any atom is -0.346 e. The molecule has 7 nitrogen and oxygen atoms in total. The van der Waals surface area contributed by atoms with Crippen molar-refractivity contribution in [1.29, 1.82) is 0 Å². The Morgan fingerprint density at radius 3 is 2.79 bits per heavy atom. The number of rotatable bonds is 5. The summed E-state index contributed by atoms with van der Waals surface area (Å²) in [5, 5.41) is 5.95. The number of carbonyl (C=O) groups excluding carboxylic acids is 1. The molecule has 24 heavy (non-hydrogen) atoms. The maximum absolute atomic E-state index is 12.2. The highest BCUT2D eigenvalue weighted by molar-refractivity contribution is 7.91. The predicted octanol–water partition coefficient (Wildman–Crippen LogP) is 0.803. The molecule has 0 aliphatic carbocycles. The fourth-order valence-corrected chi connectivity index (χ4v) is 3.25. The topological polar surface area (TPSA) is 101 Å². The zero-order chi connectivity index (χ0) is 17.2. The summed E-state index contributed by atoms with van der Waals surface area (Å²) in [5.74, 6) is -0.199. The first-order valence-electron chi connectivity index (χ1n) is 7.64. The zero-order valence-electron chi connectivity index (χ0n) is 13.2. The normalized spacial score (nSPS) is 13.5. The van der Waals surface area contributed by atoms with Crippen LogP contribution < -0.4 is 10.6 Å². The number of fused-ring (bicyclic) bond motifs is 1. The molecule has 2 N–H and O–H groups in total. The third-order valence-electron chi connectivity index (χ3n) is 3.90. The maximum atomic E-state index is 12.2. The van der Waals surface area contributed by atoms with Gasteiger partial charge in [-0.15, -0.1) is 0 Å². The minimum absolute atomic E-state index is 0.0327. The van der Waals surface area contributed by atoms with E-state index in [1.807, 2.05) is 6.07 Å². The van der Waals surface area contributed by atoms with E-state index in [-0.39, 0.29) is 23.1 Å². The van der Waals surface area contributed by atoms with Crippen LogP contribution in [0.15, 0.2) is 35.5 Å². The van der Waals surface area contributed by atoms with Gasteiger partial charge in [-0.2, -0.15) is 0 Å². The van der Waals surface area contributed by atoms with Crippen LogP contribution in [-0.2, 0) is 29.5 Å². The van der Waals surface area contributed by atoms with Crippen LogP contribution in [0, 0.1) is 0 Å². The SMILES string of the molecule is CCS(=O)(=O)c1ccc(CNC(=O)c2cnc3c(c2)CNC3)nc1. The van der Waals surface area contributed by atoms with Crippen LogP contribution in [-0.4, -0.2) is 30.0 Å². The number of pyridine rings is 2. The molecule has 8 heteroatoms. The Morgan fingerprint density at radius 1 is 1.25 bits per heavy atom. The molecule has 126 valence electrons. The number of nitrogens with zero attached hydrogens (tertiary/aromatic N) is 2. The summed E-state index contributed by atoms with van der Waals surface area (Å²) < 4.78 is 23.5. The van der Waals surface area contributed by atoms with Gasteiger partial charge < -0.3 is 10.6 Å². The average Bonchev–Trinajstić information content (AvgIpc) is 3.07. The van der Waals surface area contributed by atoms with Crippen molar-refractivity contribution in [3.05, 3.63) is 53.1 Å². The van der Waals surface area contributed by atoms with E-state index in [2.05, 4.69) is 20.6 Å². The first-order chi connectivity index (χ1) is 11.5. The molecule has 1 aliphatic rings. The van der Waals surface area contributed by atoms with E-state index in [9.17, 15) is 13.2 Å². The number of hydrogen-bond donors (Lipinski definition) is 2. The molecule has 3 rings (SSSR count). The second-order valence-corrected chi connectivity index (χ2v) is 7.78. The molecular weight excluding hydrogens is 328 g/mol. The average molecular weight is 346 g/mol. The van der Waals surface area contributed by atoms with Crippen LogP contribution in [0.25, 0.3) is 0 Å². The second kappa shape index (κ2) is 6.66. The van der Waals surface area contributed by atoms with E-state index in [1.54, 1.807) is 19.2 Å². The molecule has 2 aromatic heterocycles. The third-order valence-corrected chi connectivity index (χ3v) is 5.62. The summed E-state index contributed by atoms with van der Waals surface area (Å²) in [4.78, 5) is 20.8. The van der Waals surface area contributed by atoms with E-state index in [1.165, 1.54) is 12.3 Å². The first kappa shape index (κ1) is 16.5. The number of carbonyl (C=O) groups is 1.